The van der Waals surface area contributed by atoms with Crippen molar-refractivity contribution in [2.75, 3.05) is 23.7 Å². The molecule has 3 N–H and O–H groups in total. The molecule has 2 aromatic carbocycles. The van der Waals surface area contributed by atoms with Crippen LogP contribution in [0, 0.1) is 6.92 Å². The fourth-order valence-corrected chi connectivity index (χ4v) is 4.17. The van der Waals surface area contributed by atoms with E-state index >= 15 is 0 Å². The Kier molecular flexibility index (Phi) is 7.12. The van der Waals surface area contributed by atoms with Crippen LogP contribution in [0.1, 0.15) is 42.1 Å². The highest BCUT2D eigenvalue weighted by molar-refractivity contribution is 6.34. The van der Waals surface area contributed by atoms with Gasteiger partial charge in [0.05, 0.1) is 22.1 Å². The summed E-state index contributed by atoms with van der Waals surface area (Å²) in [6.45, 7) is 6.05. The Morgan fingerprint density at radius 3 is 2.75 bits per heavy atom. The van der Waals surface area contributed by atoms with Crippen LogP contribution in [-0.2, 0) is 19.3 Å². The second kappa shape index (κ2) is 10.2. The first-order valence-electron chi connectivity index (χ1n) is 11.3. The van der Waals surface area contributed by atoms with Gasteiger partial charge in [-0.25, -0.2) is 9.48 Å². The highest BCUT2D eigenvalue weighted by Crippen LogP contribution is 2.26. The minimum atomic E-state index is -0.348. The zero-order valence-corrected chi connectivity index (χ0v) is 19.4. The molecule has 7 heteroatoms. The number of carbonyl (C=O) groups excluding carboxylic acids is 1. The number of benzene rings is 2. The van der Waals surface area contributed by atoms with Crippen molar-refractivity contribution >= 4 is 29.1 Å². The van der Waals surface area contributed by atoms with Crippen molar-refractivity contribution < 1.29 is 4.79 Å². The Morgan fingerprint density at radius 1 is 1.12 bits per heavy atom. The fraction of sp³-hybridized carbons (Fsp3) is 0.360. The second-order valence-electron chi connectivity index (χ2n) is 8.25. The Morgan fingerprint density at radius 2 is 1.94 bits per heavy atom. The molecule has 168 valence electrons. The maximum absolute atomic E-state index is 12.8. The van der Waals surface area contributed by atoms with Crippen molar-refractivity contribution in [3.05, 3.63) is 69.9 Å². The van der Waals surface area contributed by atoms with E-state index in [2.05, 4.69) is 41.1 Å². The molecule has 4 rings (SSSR count). The number of aromatic nitrogens is 2. The maximum Gasteiger partial charge on any atom is 0.324 e. The Labute approximate surface area is 194 Å². The first kappa shape index (κ1) is 22.4. The first-order valence-corrected chi connectivity index (χ1v) is 11.7. The summed E-state index contributed by atoms with van der Waals surface area (Å²) in [6, 6.07) is 13.6. The van der Waals surface area contributed by atoms with Crippen LogP contribution in [0.2, 0.25) is 5.02 Å². The van der Waals surface area contributed by atoms with Crippen LogP contribution in [0.5, 0.6) is 0 Å². The van der Waals surface area contributed by atoms with Crippen LogP contribution in [-0.4, -0.2) is 28.9 Å². The molecule has 2 amide bonds. The van der Waals surface area contributed by atoms with Gasteiger partial charge in [-0.05, 0) is 80.6 Å². The number of urea groups is 1. The Bertz CT molecular complexity index is 1110. The van der Waals surface area contributed by atoms with Gasteiger partial charge in [0.15, 0.2) is 0 Å². The molecular weight excluding hydrogens is 422 g/mol. The lowest BCUT2D eigenvalue weighted by Crippen LogP contribution is -2.21. The van der Waals surface area contributed by atoms with Gasteiger partial charge in [0.2, 0.25) is 0 Å². The van der Waals surface area contributed by atoms with E-state index in [0.717, 1.165) is 62.1 Å². The number of amides is 2. The van der Waals surface area contributed by atoms with E-state index in [0.29, 0.717) is 16.5 Å². The van der Waals surface area contributed by atoms with Gasteiger partial charge in [-0.2, -0.15) is 5.10 Å². The molecule has 6 nitrogen and oxygen atoms in total. The van der Waals surface area contributed by atoms with Gasteiger partial charge in [0.1, 0.15) is 5.82 Å². The normalized spacial score (nSPS) is 13.3. The molecule has 3 aromatic rings. The number of hydrogen-bond acceptors (Lipinski definition) is 3. The summed E-state index contributed by atoms with van der Waals surface area (Å²) >= 11 is 6.34. The molecule has 0 spiro atoms. The van der Waals surface area contributed by atoms with Gasteiger partial charge in [-0.3, -0.25) is 5.32 Å². The molecule has 0 fully saturated rings. The quantitative estimate of drug-likeness (QED) is 0.462. The third-order valence-electron chi connectivity index (χ3n) is 5.80. The van der Waals surface area contributed by atoms with E-state index in [9.17, 15) is 4.79 Å². The van der Waals surface area contributed by atoms with Crippen molar-refractivity contribution in [1.82, 2.24) is 15.1 Å². The second-order valence-corrected chi connectivity index (χ2v) is 8.63. The number of hydrogen-bond donors (Lipinski definition) is 3. The van der Waals surface area contributed by atoms with Crippen LogP contribution < -0.4 is 16.0 Å². The van der Waals surface area contributed by atoms with Gasteiger partial charge in [0, 0.05) is 6.07 Å². The molecule has 0 aliphatic carbocycles. The third-order valence-corrected chi connectivity index (χ3v) is 6.31. The standard InChI is InChI=1S/C25H30ClN5O/c1-3-4-7-20-16-23(29-25(32)28-22-8-5-6-17(2)24(22)26)31(30-20)21-10-9-18-11-13-27-14-12-19(18)15-21/h5-6,8-10,15-16,27H,3-4,7,11-14H2,1-2H3,(H2,28,29,32). The Hall–Kier alpha value is -2.83. The molecule has 1 aliphatic heterocycles. The van der Waals surface area contributed by atoms with Crippen LogP contribution in [0.15, 0.2) is 42.5 Å². The van der Waals surface area contributed by atoms with Crippen molar-refractivity contribution in [1.29, 1.82) is 0 Å². The lowest BCUT2D eigenvalue weighted by atomic mass is 10.0. The zero-order valence-electron chi connectivity index (χ0n) is 18.7. The summed E-state index contributed by atoms with van der Waals surface area (Å²) < 4.78 is 1.83. The van der Waals surface area contributed by atoms with E-state index in [1.165, 1.54) is 11.1 Å². The van der Waals surface area contributed by atoms with Crippen LogP contribution in [0.25, 0.3) is 5.69 Å². The highest BCUT2D eigenvalue weighted by Gasteiger charge is 2.16. The average molecular weight is 452 g/mol. The summed E-state index contributed by atoms with van der Waals surface area (Å²) in [4.78, 5) is 12.8. The number of carbonyl (C=O) groups is 1. The maximum atomic E-state index is 12.8. The predicted octanol–water partition coefficient (Wildman–Crippen LogP) is 5.51. The number of unbranched alkanes of at least 4 members (excludes halogenated alkanes) is 1. The fourth-order valence-electron chi connectivity index (χ4n) is 4.00. The number of rotatable bonds is 6. The molecule has 0 atom stereocenters. The third kappa shape index (κ3) is 5.14. The number of halogens is 1. The summed E-state index contributed by atoms with van der Waals surface area (Å²) in [5.74, 6) is 0.643. The van der Waals surface area contributed by atoms with Crippen molar-refractivity contribution in [2.24, 2.45) is 0 Å². The monoisotopic (exact) mass is 451 g/mol. The first-order chi connectivity index (χ1) is 15.5. The SMILES string of the molecule is CCCCc1cc(NC(=O)Nc2cccc(C)c2Cl)n(-c2ccc3c(c2)CCNCC3)n1. The molecule has 0 radical (unpaired) electrons. The molecule has 1 aliphatic rings. The van der Waals surface area contributed by atoms with Crippen molar-refractivity contribution in [3.63, 3.8) is 0 Å². The van der Waals surface area contributed by atoms with Crippen LogP contribution >= 0.6 is 11.6 Å². The zero-order chi connectivity index (χ0) is 22.5. The van der Waals surface area contributed by atoms with E-state index in [-0.39, 0.29) is 6.03 Å². The van der Waals surface area contributed by atoms with Crippen molar-refractivity contribution in [2.45, 2.75) is 46.0 Å². The van der Waals surface area contributed by atoms with Gasteiger partial charge in [-0.1, -0.05) is 43.1 Å². The molecular formula is C25H30ClN5O. The van der Waals surface area contributed by atoms with Crippen molar-refractivity contribution in [3.8, 4) is 5.69 Å². The number of fused-ring (bicyclic) bond motifs is 1. The summed E-state index contributed by atoms with van der Waals surface area (Å²) in [5, 5.41) is 14.6. The van der Waals surface area contributed by atoms with Gasteiger partial charge in [0.25, 0.3) is 0 Å². The smallest absolute Gasteiger partial charge is 0.316 e. The van der Waals surface area contributed by atoms with Crippen LogP contribution in [0.4, 0.5) is 16.3 Å². The molecule has 0 saturated carbocycles. The summed E-state index contributed by atoms with van der Waals surface area (Å²) in [7, 11) is 0. The highest BCUT2D eigenvalue weighted by atomic mass is 35.5. The van der Waals surface area contributed by atoms with E-state index < -0.39 is 0 Å². The lowest BCUT2D eigenvalue weighted by molar-refractivity contribution is 0.262. The molecule has 2 heterocycles. The van der Waals surface area contributed by atoms with Gasteiger partial charge in [-0.15, -0.1) is 0 Å². The van der Waals surface area contributed by atoms with Gasteiger partial charge < -0.3 is 10.6 Å². The molecule has 32 heavy (non-hydrogen) atoms. The number of nitrogens with zero attached hydrogens (tertiary/aromatic N) is 2. The molecule has 0 bridgehead atoms. The van der Waals surface area contributed by atoms with E-state index in [1.807, 2.05) is 29.8 Å². The topological polar surface area (TPSA) is 71.0 Å². The van der Waals surface area contributed by atoms with Gasteiger partial charge >= 0.3 is 6.03 Å². The Balaban J connectivity index is 1.61. The lowest BCUT2D eigenvalue weighted by Gasteiger charge is -2.13. The summed E-state index contributed by atoms with van der Waals surface area (Å²) in [5.41, 5.74) is 6.12. The summed E-state index contributed by atoms with van der Waals surface area (Å²) in [6.07, 6.45) is 5.03. The predicted molar refractivity (Wildman–Crippen MR) is 131 cm³/mol. The minimum absolute atomic E-state index is 0.348. The molecule has 0 unspecified atom stereocenters. The molecule has 1 aromatic heterocycles. The van der Waals surface area contributed by atoms with E-state index in [1.54, 1.807) is 6.07 Å². The molecule has 0 saturated heterocycles. The largest absolute Gasteiger partial charge is 0.324 e. The number of anilines is 2. The average Bonchev–Trinajstić information content (AvgIpc) is 3.02. The number of aryl methyl sites for hydroxylation is 2. The van der Waals surface area contributed by atoms with Crippen LogP contribution in [0.3, 0.4) is 0 Å². The van der Waals surface area contributed by atoms with E-state index in [4.69, 9.17) is 16.7 Å². The number of nitrogens with one attached hydrogen (secondary N) is 3. The minimum Gasteiger partial charge on any atom is -0.316 e.